The Morgan fingerprint density at radius 2 is 1.92 bits per heavy atom. The number of methoxy groups -OCH3 is 1. The van der Waals surface area contributed by atoms with Crippen LogP contribution in [0.5, 0.6) is 0 Å². The van der Waals surface area contributed by atoms with Gasteiger partial charge in [0, 0.05) is 13.3 Å². The van der Waals surface area contributed by atoms with E-state index in [2.05, 4.69) is 44.9 Å². The lowest BCUT2D eigenvalue weighted by atomic mass is 10.5. The SMILES string of the molecule is COC[Si](C)/C=C/C(C)[Si](C)(C)C. The topological polar surface area (TPSA) is 9.23 Å². The maximum atomic E-state index is 5.13. The van der Waals surface area contributed by atoms with Gasteiger partial charge in [0.15, 0.2) is 0 Å². The molecule has 0 heterocycles. The lowest BCUT2D eigenvalue weighted by Gasteiger charge is -2.22. The second-order valence-corrected chi connectivity index (χ2v) is 12.8. The van der Waals surface area contributed by atoms with E-state index < -0.39 is 8.07 Å². The maximum Gasteiger partial charge on any atom is 0.103 e. The number of rotatable bonds is 5. The number of allylic oxidation sites excluding steroid dienone is 1. The molecule has 0 aliphatic heterocycles. The van der Waals surface area contributed by atoms with Gasteiger partial charge in [-0.1, -0.05) is 44.9 Å². The Labute approximate surface area is 85.8 Å². The molecular weight excluding hydrogens is 192 g/mol. The van der Waals surface area contributed by atoms with E-state index in [1.165, 1.54) is 0 Å². The van der Waals surface area contributed by atoms with E-state index in [1.807, 2.05) is 0 Å². The van der Waals surface area contributed by atoms with Crippen molar-refractivity contribution in [2.75, 3.05) is 13.3 Å². The molecule has 0 aliphatic rings. The van der Waals surface area contributed by atoms with Crippen molar-refractivity contribution >= 4 is 16.9 Å². The van der Waals surface area contributed by atoms with Crippen molar-refractivity contribution in [3.63, 3.8) is 0 Å². The van der Waals surface area contributed by atoms with Crippen molar-refractivity contribution in [1.82, 2.24) is 0 Å². The van der Waals surface area contributed by atoms with Crippen molar-refractivity contribution in [1.29, 1.82) is 0 Å². The molecule has 1 nitrogen and oxygen atoms in total. The molecule has 13 heavy (non-hydrogen) atoms. The molecule has 3 heteroatoms. The second-order valence-electron chi connectivity index (χ2n) is 4.79. The Kier molecular flexibility index (Phi) is 5.84. The van der Waals surface area contributed by atoms with Crippen LogP contribution in [-0.4, -0.2) is 30.2 Å². The predicted octanol–water partition coefficient (Wildman–Crippen LogP) is 3.12. The van der Waals surface area contributed by atoms with Crippen LogP contribution in [0.2, 0.25) is 31.7 Å². The molecule has 0 saturated heterocycles. The van der Waals surface area contributed by atoms with Crippen LogP contribution in [0.25, 0.3) is 0 Å². The van der Waals surface area contributed by atoms with Crippen molar-refractivity contribution in [3.8, 4) is 0 Å². The molecule has 0 fully saturated rings. The molecule has 0 amide bonds. The molecule has 0 aromatic heterocycles. The van der Waals surface area contributed by atoms with Crippen LogP contribution in [0.1, 0.15) is 6.92 Å². The fourth-order valence-electron chi connectivity index (χ4n) is 0.873. The highest BCUT2D eigenvalue weighted by atomic mass is 28.3. The van der Waals surface area contributed by atoms with Gasteiger partial charge in [0.05, 0.1) is 8.07 Å². The third-order valence-corrected chi connectivity index (χ3v) is 6.84. The average molecular weight is 215 g/mol. The first-order valence-electron chi connectivity index (χ1n) is 4.87. The van der Waals surface area contributed by atoms with Gasteiger partial charge >= 0.3 is 0 Å². The molecule has 1 radical (unpaired) electrons. The zero-order valence-corrected chi connectivity index (χ0v) is 11.8. The molecular formula is C10H23OSi2. The molecule has 0 N–H and O–H groups in total. The summed E-state index contributed by atoms with van der Waals surface area (Å²) in [5.74, 6) is 0. The molecule has 0 saturated carbocycles. The summed E-state index contributed by atoms with van der Waals surface area (Å²) in [6, 6.07) is 0. The highest BCUT2D eigenvalue weighted by Crippen LogP contribution is 2.21. The summed E-state index contributed by atoms with van der Waals surface area (Å²) >= 11 is 0. The number of hydrogen-bond donors (Lipinski definition) is 0. The molecule has 0 aliphatic carbocycles. The Hall–Kier alpha value is 0.134. The fourth-order valence-corrected chi connectivity index (χ4v) is 2.91. The predicted molar refractivity (Wildman–Crippen MR) is 65.4 cm³/mol. The standard InChI is InChI=1S/C10H23OSi2/c1-10(13(4,5)6)7-8-12(3)9-11-2/h7-8,10H,9H2,1-6H3/b8-7+. The summed E-state index contributed by atoms with van der Waals surface area (Å²) in [5, 5.41) is 0. The van der Waals surface area contributed by atoms with E-state index in [0.29, 0.717) is 0 Å². The first kappa shape index (κ1) is 13.1. The van der Waals surface area contributed by atoms with Crippen molar-refractivity contribution in [3.05, 3.63) is 11.8 Å². The third-order valence-electron chi connectivity index (χ3n) is 2.41. The smallest absolute Gasteiger partial charge is 0.103 e. The highest BCUT2D eigenvalue weighted by molar-refractivity contribution is 6.78. The minimum Gasteiger partial charge on any atom is -0.388 e. The van der Waals surface area contributed by atoms with Gasteiger partial charge in [0.1, 0.15) is 8.80 Å². The summed E-state index contributed by atoms with van der Waals surface area (Å²) in [5.41, 5.74) is 3.17. The summed E-state index contributed by atoms with van der Waals surface area (Å²) in [6.45, 7) is 11.9. The van der Waals surface area contributed by atoms with Gasteiger partial charge in [-0.2, -0.15) is 0 Å². The minimum absolute atomic E-state index is 0.376. The van der Waals surface area contributed by atoms with E-state index in [0.717, 1.165) is 11.8 Å². The van der Waals surface area contributed by atoms with Gasteiger partial charge in [-0.3, -0.25) is 0 Å². The van der Waals surface area contributed by atoms with Crippen LogP contribution in [0, 0.1) is 0 Å². The summed E-state index contributed by atoms with van der Waals surface area (Å²) in [4.78, 5) is 0. The van der Waals surface area contributed by atoms with E-state index >= 15 is 0 Å². The van der Waals surface area contributed by atoms with Crippen LogP contribution in [0.3, 0.4) is 0 Å². The normalized spacial score (nSPS) is 15.6. The lowest BCUT2D eigenvalue weighted by Crippen LogP contribution is -2.25. The zero-order valence-electron chi connectivity index (χ0n) is 9.85. The molecule has 1 atom stereocenters. The Morgan fingerprint density at radius 1 is 1.38 bits per heavy atom. The van der Waals surface area contributed by atoms with E-state index in [9.17, 15) is 0 Å². The second kappa shape index (κ2) is 5.78. The fraction of sp³-hybridized carbons (Fsp3) is 0.800. The van der Waals surface area contributed by atoms with Gasteiger partial charge in [0.25, 0.3) is 0 Å². The first-order chi connectivity index (χ1) is 5.88. The summed E-state index contributed by atoms with van der Waals surface area (Å²) in [6.07, 6.45) is 3.33. The molecule has 77 valence electrons. The lowest BCUT2D eigenvalue weighted by molar-refractivity contribution is 0.250. The molecule has 0 spiro atoms. The van der Waals surface area contributed by atoms with Gasteiger partial charge < -0.3 is 4.74 Å². The van der Waals surface area contributed by atoms with E-state index in [1.54, 1.807) is 7.11 Å². The van der Waals surface area contributed by atoms with Crippen LogP contribution in [-0.2, 0) is 4.74 Å². The summed E-state index contributed by atoms with van der Waals surface area (Å²) in [7, 11) is 0.444. The largest absolute Gasteiger partial charge is 0.388 e. The molecule has 0 bridgehead atoms. The summed E-state index contributed by atoms with van der Waals surface area (Å²) < 4.78 is 5.13. The first-order valence-corrected chi connectivity index (χ1v) is 10.7. The van der Waals surface area contributed by atoms with Crippen molar-refractivity contribution in [2.24, 2.45) is 0 Å². The van der Waals surface area contributed by atoms with E-state index in [4.69, 9.17) is 4.74 Å². The van der Waals surface area contributed by atoms with E-state index in [-0.39, 0.29) is 8.80 Å². The van der Waals surface area contributed by atoms with Crippen LogP contribution in [0.4, 0.5) is 0 Å². The molecule has 0 aromatic carbocycles. The number of ether oxygens (including phenoxy) is 1. The Balaban J connectivity index is 3.97. The van der Waals surface area contributed by atoms with Crippen molar-refractivity contribution < 1.29 is 4.74 Å². The molecule has 0 rings (SSSR count). The quantitative estimate of drug-likeness (QED) is 0.640. The van der Waals surface area contributed by atoms with Gasteiger partial charge in [-0.25, -0.2) is 0 Å². The van der Waals surface area contributed by atoms with Crippen LogP contribution < -0.4 is 0 Å². The highest BCUT2D eigenvalue weighted by Gasteiger charge is 2.19. The van der Waals surface area contributed by atoms with Gasteiger partial charge in [0.2, 0.25) is 0 Å². The maximum absolute atomic E-state index is 5.13. The number of hydrogen-bond acceptors (Lipinski definition) is 1. The molecule has 0 aromatic rings. The van der Waals surface area contributed by atoms with Crippen LogP contribution in [0.15, 0.2) is 11.8 Å². The van der Waals surface area contributed by atoms with Crippen molar-refractivity contribution in [2.45, 2.75) is 38.7 Å². The van der Waals surface area contributed by atoms with Gasteiger partial charge in [-0.15, -0.1) is 0 Å². The zero-order chi connectivity index (χ0) is 10.5. The monoisotopic (exact) mass is 215 g/mol. The van der Waals surface area contributed by atoms with Gasteiger partial charge in [-0.05, 0) is 5.54 Å². The minimum atomic E-state index is -0.962. The molecule has 1 unspecified atom stereocenters. The Morgan fingerprint density at radius 3 is 2.31 bits per heavy atom. The Bertz CT molecular complexity index is 161. The third kappa shape index (κ3) is 6.24. The average Bonchev–Trinajstić information content (AvgIpc) is 1.99. The van der Waals surface area contributed by atoms with Crippen LogP contribution >= 0.6 is 0 Å².